The summed E-state index contributed by atoms with van der Waals surface area (Å²) in [5, 5.41) is 10.8. The molecule has 4 N–H and O–H groups in total. The quantitative estimate of drug-likeness (QED) is 0.636. The smallest absolute Gasteiger partial charge is 0.319 e. The Bertz CT molecular complexity index is 654. The molecule has 0 saturated heterocycles. The topological polar surface area (TPSA) is 82.3 Å². The maximum Gasteiger partial charge on any atom is 0.319 e. The van der Waals surface area contributed by atoms with Gasteiger partial charge in [0.1, 0.15) is 0 Å². The summed E-state index contributed by atoms with van der Waals surface area (Å²) in [5.41, 5.74) is 3.61. The van der Waals surface area contributed by atoms with E-state index in [9.17, 15) is 9.59 Å². The van der Waals surface area contributed by atoms with Crippen molar-refractivity contribution in [3.63, 3.8) is 0 Å². The second kappa shape index (κ2) is 8.57. The molecule has 4 amide bonds. The summed E-state index contributed by atoms with van der Waals surface area (Å²) >= 11 is 0. The van der Waals surface area contributed by atoms with Gasteiger partial charge in [0.25, 0.3) is 0 Å². The fourth-order valence-corrected chi connectivity index (χ4v) is 2.15. The Kier molecular flexibility index (Phi) is 6.19. The van der Waals surface area contributed by atoms with Crippen LogP contribution >= 0.6 is 0 Å². The number of amides is 4. The van der Waals surface area contributed by atoms with Gasteiger partial charge >= 0.3 is 12.1 Å². The molecule has 2 rings (SSSR count). The first-order valence-electron chi connectivity index (χ1n) is 7.76. The van der Waals surface area contributed by atoms with Crippen molar-refractivity contribution in [3.8, 4) is 0 Å². The number of urea groups is 2. The molecular weight excluding hydrogens is 304 g/mol. The van der Waals surface area contributed by atoms with Crippen LogP contribution in [-0.4, -0.2) is 25.2 Å². The highest BCUT2D eigenvalue weighted by Crippen LogP contribution is 2.09. The lowest BCUT2D eigenvalue weighted by molar-refractivity contribution is 0.248. The number of anilines is 2. The van der Waals surface area contributed by atoms with Crippen LogP contribution < -0.4 is 21.3 Å². The minimum atomic E-state index is -0.304. The number of nitrogens with one attached hydrogen (secondary N) is 4. The van der Waals surface area contributed by atoms with Crippen molar-refractivity contribution in [2.45, 2.75) is 13.8 Å². The molecule has 2 aromatic carbocycles. The Morgan fingerprint density at radius 2 is 1.17 bits per heavy atom. The summed E-state index contributed by atoms with van der Waals surface area (Å²) in [6.45, 7) is 4.58. The average Bonchev–Trinajstić information content (AvgIpc) is 2.51. The van der Waals surface area contributed by atoms with Crippen LogP contribution in [0.3, 0.4) is 0 Å². The number of hydrogen-bond donors (Lipinski definition) is 4. The number of carbonyl (C=O) groups is 2. The summed E-state index contributed by atoms with van der Waals surface area (Å²) in [6.07, 6.45) is 0. The largest absolute Gasteiger partial charge is 0.336 e. The summed E-state index contributed by atoms with van der Waals surface area (Å²) in [5.74, 6) is 0. The first kappa shape index (κ1) is 17.3. The zero-order valence-corrected chi connectivity index (χ0v) is 13.8. The zero-order chi connectivity index (χ0) is 17.4. The lowest BCUT2D eigenvalue weighted by atomic mass is 10.2. The highest BCUT2D eigenvalue weighted by atomic mass is 16.2. The molecule has 0 saturated carbocycles. The Hall–Kier alpha value is -3.02. The highest BCUT2D eigenvalue weighted by Gasteiger charge is 2.03. The minimum Gasteiger partial charge on any atom is -0.336 e. The van der Waals surface area contributed by atoms with Crippen LogP contribution in [0.2, 0.25) is 0 Å². The van der Waals surface area contributed by atoms with Crippen LogP contribution in [0.15, 0.2) is 48.5 Å². The van der Waals surface area contributed by atoms with Gasteiger partial charge in [-0.15, -0.1) is 0 Å². The molecule has 6 heteroatoms. The molecule has 126 valence electrons. The molecule has 0 aromatic heterocycles. The van der Waals surface area contributed by atoms with Crippen molar-refractivity contribution in [2.75, 3.05) is 23.7 Å². The molecule has 0 heterocycles. The molecule has 0 radical (unpaired) electrons. The number of benzene rings is 2. The Morgan fingerprint density at radius 3 is 1.54 bits per heavy atom. The Labute approximate surface area is 141 Å². The van der Waals surface area contributed by atoms with Crippen molar-refractivity contribution in [3.05, 3.63) is 59.7 Å². The minimum absolute atomic E-state index is 0.304. The fourth-order valence-electron chi connectivity index (χ4n) is 2.15. The third-order valence-corrected chi connectivity index (χ3v) is 3.25. The van der Waals surface area contributed by atoms with E-state index in [1.807, 2.05) is 62.4 Å². The second-order valence-corrected chi connectivity index (χ2v) is 5.50. The number of aryl methyl sites for hydroxylation is 2. The van der Waals surface area contributed by atoms with Crippen LogP contribution in [-0.2, 0) is 0 Å². The van der Waals surface area contributed by atoms with Crippen molar-refractivity contribution in [2.24, 2.45) is 0 Å². The zero-order valence-electron chi connectivity index (χ0n) is 13.8. The predicted molar refractivity (Wildman–Crippen MR) is 96.4 cm³/mol. The van der Waals surface area contributed by atoms with Gasteiger partial charge in [0.05, 0.1) is 0 Å². The van der Waals surface area contributed by atoms with E-state index in [0.29, 0.717) is 13.1 Å². The van der Waals surface area contributed by atoms with Crippen molar-refractivity contribution >= 4 is 23.4 Å². The summed E-state index contributed by atoms with van der Waals surface area (Å²) in [4.78, 5) is 23.5. The maximum absolute atomic E-state index is 11.7. The van der Waals surface area contributed by atoms with E-state index in [0.717, 1.165) is 22.5 Å². The van der Waals surface area contributed by atoms with Crippen LogP contribution in [0.25, 0.3) is 0 Å². The van der Waals surface area contributed by atoms with Gasteiger partial charge in [-0.25, -0.2) is 9.59 Å². The van der Waals surface area contributed by atoms with Gasteiger partial charge < -0.3 is 21.3 Å². The molecule has 0 aliphatic carbocycles. The molecule has 0 aliphatic heterocycles. The molecule has 2 aromatic rings. The lowest BCUT2D eigenvalue weighted by Gasteiger charge is -2.10. The molecule has 0 fully saturated rings. The Balaban J connectivity index is 1.65. The number of carbonyl (C=O) groups excluding carboxylic acids is 2. The van der Waals surface area contributed by atoms with E-state index in [1.54, 1.807) is 0 Å². The van der Waals surface area contributed by atoms with Crippen LogP contribution in [0.4, 0.5) is 21.0 Å². The molecule has 0 bridgehead atoms. The lowest BCUT2D eigenvalue weighted by Crippen LogP contribution is -2.38. The summed E-state index contributed by atoms with van der Waals surface area (Å²) in [7, 11) is 0. The fraction of sp³-hybridized carbons (Fsp3) is 0.222. The predicted octanol–water partition coefficient (Wildman–Crippen LogP) is 3.25. The maximum atomic E-state index is 11.7. The van der Waals surface area contributed by atoms with Crippen molar-refractivity contribution < 1.29 is 9.59 Å². The summed E-state index contributed by atoms with van der Waals surface area (Å²) < 4.78 is 0. The van der Waals surface area contributed by atoms with Gasteiger partial charge in [-0.3, -0.25) is 0 Å². The van der Waals surface area contributed by atoms with E-state index in [1.165, 1.54) is 0 Å². The standard InChI is InChI=1S/C18H22N4O2/c1-13-5-3-7-15(11-13)21-17(23)19-9-10-20-18(24)22-16-8-4-6-14(2)12-16/h3-8,11-12H,9-10H2,1-2H3,(H2,19,21,23)(H2,20,22,24). The van der Waals surface area contributed by atoms with Gasteiger partial charge in [0.2, 0.25) is 0 Å². The molecule has 0 spiro atoms. The first-order chi connectivity index (χ1) is 11.5. The van der Waals surface area contributed by atoms with Crippen molar-refractivity contribution in [1.82, 2.24) is 10.6 Å². The first-order valence-corrected chi connectivity index (χ1v) is 7.76. The van der Waals surface area contributed by atoms with Gasteiger partial charge in [-0.2, -0.15) is 0 Å². The van der Waals surface area contributed by atoms with Crippen LogP contribution in [0.5, 0.6) is 0 Å². The van der Waals surface area contributed by atoms with Gasteiger partial charge in [0.15, 0.2) is 0 Å². The molecule has 6 nitrogen and oxygen atoms in total. The van der Waals surface area contributed by atoms with Gasteiger partial charge in [0, 0.05) is 24.5 Å². The highest BCUT2D eigenvalue weighted by molar-refractivity contribution is 5.90. The second-order valence-electron chi connectivity index (χ2n) is 5.50. The molecule has 0 aliphatic rings. The van der Waals surface area contributed by atoms with E-state index < -0.39 is 0 Å². The SMILES string of the molecule is Cc1cccc(NC(=O)NCCNC(=O)Nc2cccc(C)c2)c1. The third kappa shape index (κ3) is 6.00. The number of rotatable bonds is 5. The summed E-state index contributed by atoms with van der Waals surface area (Å²) in [6, 6.07) is 14.5. The van der Waals surface area contributed by atoms with Gasteiger partial charge in [-0.05, 0) is 49.2 Å². The van der Waals surface area contributed by atoms with E-state index in [-0.39, 0.29) is 12.1 Å². The molecule has 0 unspecified atom stereocenters. The van der Waals surface area contributed by atoms with Crippen LogP contribution in [0, 0.1) is 13.8 Å². The van der Waals surface area contributed by atoms with Crippen LogP contribution in [0.1, 0.15) is 11.1 Å². The van der Waals surface area contributed by atoms with E-state index in [4.69, 9.17) is 0 Å². The monoisotopic (exact) mass is 326 g/mol. The Morgan fingerprint density at radius 1 is 0.750 bits per heavy atom. The molecular formula is C18H22N4O2. The number of hydrogen-bond acceptors (Lipinski definition) is 2. The third-order valence-electron chi connectivity index (χ3n) is 3.25. The van der Waals surface area contributed by atoms with E-state index in [2.05, 4.69) is 21.3 Å². The average molecular weight is 326 g/mol. The molecule has 0 atom stereocenters. The van der Waals surface area contributed by atoms with Crippen molar-refractivity contribution in [1.29, 1.82) is 0 Å². The normalized spacial score (nSPS) is 9.92. The van der Waals surface area contributed by atoms with Gasteiger partial charge in [-0.1, -0.05) is 24.3 Å². The van der Waals surface area contributed by atoms with E-state index >= 15 is 0 Å². The molecule has 24 heavy (non-hydrogen) atoms.